The molecule has 0 saturated carbocycles. The summed E-state index contributed by atoms with van der Waals surface area (Å²) < 4.78 is 10.8. The Morgan fingerprint density at radius 1 is 1.17 bits per heavy atom. The van der Waals surface area contributed by atoms with Gasteiger partial charge in [-0.15, -0.1) is 0 Å². The quantitative estimate of drug-likeness (QED) is 0.784. The second kappa shape index (κ2) is 3.76. The molecule has 2 aromatic rings. The molecule has 92 valence electrons. The van der Waals surface area contributed by atoms with Crippen LogP contribution in [0.25, 0.3) is 10.9 Å². The van der Waals surface area contributed by atoms with E-state index in [4.69, 9.17) is 14.6 Å². The van der Waals surface area contributed by atoms with Crippen LogP contribution in [0.4, 0.5) is 0 Å². The number of aromatic amines is 1. The summed E-state index contributed by atoms with van der Waals surface area (Å²) in [5.74, 6) is -0.155. The van der Waals surface area contributed by atoms with Gasteiger partial charge in [-0.3, -0.25) is 4.79 Å². The second-order valence-electron chi connectivity index (χ2n) is 3.90. The number of hydrogen-bond acceptors (Lipinski definition) is 4. The normalized spacial score (nSPS) is 13.6. The summed E-state index contributed by atoms with van der Waals surface area (Å²) >= 11 is 0. The van der Waals surface area contributed by atoms with E-state index < -0.39 is 11.5 Å². The molecular weight excluding hydrogens is 238 g/mol. The summed E-state index contributed by atoms with van der Waals surface area (Å²) in [5, 5.41) is 9.48. The van der Waals surface area contributed by atoms with Crippen LogP contribution in [0.1, 0.15) is 10.4 Å². The van der Waals surface area contributed by atoms with Crippen molar-refractivity contribution < 1.29 is 19.4 Å². The lowest BCUT2D eigenvalue weighted by Crippen LogP contribution is -2.18. The number of fused-ring (bicyclic) bond motifs is 2. The summed E-state index contributed by atoms with van der Waals surface area (Å²) in [6.45, 7) is 0.906. The Kier molecular flexibility index (Phi) is 2.22. The van der Waals surface area contributed by atoms with E-state index >= 15 is 0 Å². The van der Waals surface area contributed by atoms with Crippen LogP contribution in [0.3, 0.4) is 0 Å². The minimum atomic E-state index is -1.26. The molecule has 6 nitrogen and oxygen atoms in total. The third kappa shape index (κ3) is 1.58. The van der Waals surface area contributed by atoms with Crippen molar-refractivity contribution >= 4 is 16.9 Å². The molecule has 1 aliphatic heterocycles. The Morgan fingerprint density at radius 3 is 2.50 bits per heavy atom. The fourth-order valence-electron chi connectivity index (χ4n) is 1.90. The standard InChI is InChI=1S/C12H9NO5/c14-11-7(12(15)16)3-6-4-9-10(5-8(6)13-11)18-2-1-17-9/h3-5H,1-2H2,(H,13,14)(H,15,16). The van der Waals surface area contributed by atoms with E-state index in [0.29, 0.717) is 35.6 Å². The van der Waals surface area contributed by atoms with E-state index in [0.717, 1.165) is 0 Å². The molecule has 0 spiro atoms. The number of ether oxygens (including phenoxy) is 2. The Hall–Kier alpha value is -2.50. The van der Waals surface area contributed by atoms with E-state index in [1.54, 1.807) is 12.1 Å². The van der Waals surface area contributed by atoms with E-state index in [2.05, 4.69) is 4.98 Å². The predicted octanol–water partition coefficient (Wildman–Crippen LogP) is 0.997. The number of aromatic nitrogens is 1. The van der Waals surface area contributed by atoms with Crippen molar-refractivity contribution in [3.8, 4) is 11.5 Å². The number of aromatic carboxylic acids is 1. The number of carbonyl (C=O) groups is 1. The fourth-order valence-corrected chi connectivity index (χ4v) is 1.90. The molecule has 1 aromatic heterocycles. The lowest BCUT2D eigenvalue weighted by Gasteiger charge is -2.18. The Morgan fingerprint density at radius 2 is 1.83 bits per heavy atom. The van der Waals surface area contributed by atoms with Crippen LogP contribution >= 0.6 is 0 Å². The highest BCUT2D eigenvalue weighted by molar-refractivity contribution is 5.93. The zero-order chi connectivity index (χ0) is 12.7. The van der Waals surface area contributed by atoms with Gasteiger partial charge in [0.05, 0.1) is 5.52 Å². The highest BCUT2D eigenvalue weighted by Gasteiger charge is 2.15. The molecule has 0 amide bonds. The molecule has 2 N–H and O–H groups in total. The van der Waals surface area contributed by atoms with Gasteiger partial charge in [0.25, 0.3) is 5.56 Å². The molecule has 0 fully saturated rings. The lowest BCUT2D eigenvalue weighted by atomic mass is 10.1. The van der Waals surface area contributed by atoms with Crippen molar-refractivity contribution in [2.75, 3.05) is 13.2 Å². The second-order valence-corrected chi connectivity index (χ2v) is 3.90. The monoisotopic (exact) mass is 247 g/mol. The van der Waals surface area contributed by atoms with Gasteiger partial charge in [-0.05, 0) is 12.1 Å². The molecule has 0 atom stereocenters. The number of pyridine rings is 1. The molecule has 3 rings (SSSR count). The highest BCUT2D eigenvalue weighted by atomic mass is 16.6. The Bertz CT molecular complexity index is 703. The summed E-state index contributed by atoms with van der Waals surface area (Å²) in [6, 6.07) is 4.62. The van der Waals surface area contributed by atoms with E-state index in [9.17, 15) is 9.59 Å². The van der Waals surface area contributed by atoms with E-state index in [1.165, 1.54) is 6.07 Å². The summed E-state index contributed by atoms with van der Waals surface area (Å²) in [7, 11) is 0. The van der Waals surface area contributed by atoms with Crippen molar-refractivity contribution in [2.24, 2.45) is 0 Å². The van der Waals surface area contributed by atoms with Gasteiger partial charge in [0.15, 0.2) is 11.5 Å². The SMILES string of the molecule is O=C(O)c1cc2cc3c(cc2[nH]c1=O)OCCO3. The van der Waals surface area contributed by atoms with Gasteiger partial charge in [-0.25, -0.2) is 4.79 Å². The van der Waals surface area contributed by atoms with Crippen LogP contribution in [0, 0.1) is 0 Å². The molecule has 0 bridgehead atoms. The van der Waals surface area contributed by atoms with Crippen molar-refractivity contribution in [1.82, 2.24) is 4.98 Å². The Balaban J connectivity index is 2.28. The molecular formula is C12H9NO5. The summed E-state index contributed by atoms with van der Waals surface area (Å²) in [4.78, 5) is 24.9. The van der Waals surface area contributed by atoms with Crippen LogP contribution < -0.4 is 15.0 Å². The van der Waals surface area contributed by atoms with Gasteiger partial charge in [-0.2, -0.15) is 0 Å². The van der Waals surface area contributed by atoms with Crippen molar-refractivity contribution in [2.45, 2.75) is 0 Å². The van der Waals surface area contributed by atoms with E-state index in [-0.39, 0.29) is 5.56 Å². The number of nitrogens with one attached hydrogen (secondary N) is 1. The molecule has 18 heavy (non-hydrogen) atoms. The zero-order valence-corrected chi connectivity index (χ0v) is 9.23. The smallest absolute Gasteiger partial charge is 0.341 e. The number of benzene rings is 1. The van der Waals surface area contributed by atoms with Crippen molar-refractivity contribution in [3.05, 3.63) is 34.1 Å². The molecule has 6 heteroatoms. The number of rotatable bonds is 1. The molecule has 0 aliphatic carbocycles. The molecule has 1 aliphatic rings. The van der Waals surface area contributed by atoms with Crippen LogP contribution in [0.5, 0.6) is 11.5 Å². The number of carboxylic acid groups (broad SMARTS) is 1. The first kappa shape index (κ1) is 10.6. The van der Waals surface area contributed by atoms with E-state index in [1.807, 2.05) is 0 Å². The Labute approximate surface area is 101 Å². The average molecular weight is 247 g/mol. The third-order valence-electron chi connectivity index (χ3n) is 2.74. The van der Waals surface area contributed by atoms with Crippen LogP contribution in [0.15, 0.2) is 23.0 Å². The highest BCUT2D eigenvalue weighted by Crippen LogP contribution is 2.33. The topological polar surface area (TPSA) is 88.6 Å². The van der Waals surface area contributed by atoms with Crippen molar-refractivity contribution in [3.63, 3.8) is 0 Å². The summed E-state index contributed by atoms with van der Waals surface area (Å²) in [5.41, 5.74) is -0.403. The third-order valence-corrected chi connectivity index (χ3v) is 2.74. The van der Waals surface area contributed by atoms with Crippen LogP contribution in [0.2, 0.25) is 0 Å². The van der Waals surface area contributed by atoms with Crippen molar-refractivity contribution in [1.29, 1.82) is 0 Å². The summed E-state index contributed by atoms with van der Waals surface area (Å²) in [6.07, 6.45) is 0. The minimum absolute atomic E-state index is 0.292. The van der Waals surface area contributed by atoms with Crippen LogP contribution in [-0.4, -0.2) is 29.3 Å². The van der Waals surface area contributed by atoms with Gasteiger partial charge < -0.3 is 19.6 Å². The largest absolute Gasteiger partial charge is 0.486 e. The van der Waals surface area contributed by atoms with Gasteiger partial charge in [0, 0.05) is 11.5 Å². The maximum absolute atomic E-state index is 11.5. The molecule has 0 radical (unpaired) electrons. The molecule has 1 aromatic carbocycles. The first-order valence-electron chi connectivity index (χ1n) is 5.35. The number of carboxylic acids is 1. The molecule has 0 unspecified atom stereocenters. The maximum Gasteiger partial charge on any atom is 0.341 e. The van der Waals surface area contributed by atoms with Gasteiger partial charge in [0.1, 0.15) is 18.8 Å². The first-order valence-corrected chi connectivity index (χ1v) is 5.35. The zero-order valence-electron chi connectivity index (χ0n) is 9.23. The van der Waals surface area contributed by atoms with Crippen LogP contribution in [-0.2, 0) is 0 Å². The fraction of sp³-hybridized carbons (Fsp3) is 0.167. The predicted molar refractivity (Wildman–Crippen MR) is 62.5 cm³/mol. The van der Waals surface area contributed by atoms with Gasteiger partial charge >= 0.3 is 5.97 Å². The average Bonchev–Trinajstić information content (AvgIpc) is 2.35. The molecule has 2 heterocycles. The van der Waals surface area contributed by atoms with Gasteiger partial charge in [-0.1, -0.05) is 0 Å². The maximum atomic E-state index is 11.5. The minimum Gasteiger partial charge on any atom is -0.486 e. The number of H-pyrrole nitrogens is 1. The van der Waals surface area contributed by atoms with Gasteiger partial charge in [0.2, 0.25) is 0 Å². The number of hydrogen-bond donors (Lipinski definition) is 2. The lowest BCUT2D eigenvalue weighted by molar-refractivity contribution is 0.0695. The molecule has 0 saturated heterocycles. The first-order chi connectivity index (χ1) is 8.65.